The second kappa shape index (κ2) is 12.0. The van der Waals surface area contributed by atoms with Gasteiger partial charge in [-0.05, 0) is 54.7 Å². The summed E-state index contributed by atoms with van der Waals surface area (Å²) in [5.74, 6) is -0.302. The number of nitrogens with zero attached hydrogens (tertiary/aromatic N) is 4. The molecule has 1 N–H and O–H groups in total. The lowest BCUT2D eigenvalue weighted by Gasteiger charge is -2.12. The predicted octanol–water partition coefficient (Wildman–Crippen LogP) is 3.89. The molecule has 0 aliphatic carbocycles. The molecule has 0 unspecified atom stereocenters. The first-order valence-corrected chi connectivity index (χ1v) is 12.5. The van der Waals surface area contributed by atoms with E-state index in [1.165, 1.54) is 29.8 Å². The first-order valence-electron chi connectivity index (χ1n) is 12.1. The van der Waals surface area contributed by atoms with Gasteiger partial charge in [0, 0.05) is 25.2 Å². The Morgan fingerprint density at radius 3 is 2.46 bits per heavy atom. The van der Waals surface area contributed by atoms with Crippen molar-refractivity contribution in [3.05, 3.63) is 85.5 Å². The van der Waals surface area contributed by atoms with Crippen LogP contribution < -0.4 is 20.7 Å². The third-order valence-electron chi connectivity index (χ3n) is 5.96. The number of alkyl halides is 3. The minimum atomic E-state index is -4.78. The summed E-state index contributed by atoms with van der Waals surface area (Å²) >= 11 is 6.01. The van der Waals surface area contributed by atoms with E-state index in [1.54, 1.807) is 34.9 Å². The highest BCUT2D eigenvalue weighted by Gasteiger charge is 2.31. The maximum atomic E-state index is 13.4. The summed E-state index contributed by atoms with van der Waals surface area (Å²) in [6.45, 7) is 0.197. The first kappa shape index (κ1) is 28.2. The van der Waals surface area contributed by atoms with Crippen molar-refractivity contribution >= 4 is 22.8 Å². The molecule has 13 heteroatoms. The zero-order chi connectivity index (χ0) is 28.2. The fraction of sp³-hybridized carbons (Fsp3) is 0.346. The molecule has 0 aliphatic heterocycles. The number of ether oxygens (including phenoxy) is 2. The number of rotatable bonds is 11. The largest absolute Gasteiger partial charge is 0.573 e. The maximum Gasteiger partial charge on any atom is 0.573 e. The lowest BCUT2D eigenvalue weighted by molar-refractivity contribution is -0.274. The number of imidazole rings is 1. The van der Waals surface area contributed by atoms with Gasteiger partial charge >= 0.3 is 12.1 Å². The summed E-state index contributed by atoms with van der Waals surface area (Å²) in [6.07, 6.45) is -3.72. The molecule has 0 saturated carbocycles. The molecule has 9 nitrogen and oxygen atoms in total. The fourth-order valence-electron chi connectivity index (χ4n) is 4.14. The SMILES string of the molecule is Cn1c(=O)n(CCCO)c(=O)c2c1nc(OCCCc1cccc(OC(F)(F)F)c1)n2Cc1ccc(Cl)cc1. The Labute approximate surface area is 225 Å². The van der Waals surface area contributed by atoms with Crippen molar-refractivity contribution in [2.75, 3.05) is 13.2 Å². The lowest BCUT2D eigenvalue weighted by atomic mass is 10.1. The molecule has 0 aliphatic rings. The van der Waals surface area contributed by atoms with Gasteiger partial charge in [0.15, 0.2) is 11.2 Å². The number of hydrogen-bond donors (Lipinski definition) is 1. The van der Waals surface area contributed by atoms with Crippen LogP contribution >= 0.6 is 11.6 Å². The van der Waals surface area contributed by atoms with Gasteiger partial charge in [0.2, 0.25) is 0 Å². The molecule has 0 spiro atoms. The summed E-state index contributed by atoms with van der Waals surface area (Å²) in [5, 5.41) is 9.75. The van der Waals surface area contributed by atoms with Crippen molar-refractivity contribution < 1.29 is 27.8 Å². The topological polar surface area (TPSA) is 101 Å². The maximum absolute atomic E-state index is 13.4. The van der Waals surface area contributed by atoms with Gasteiger partial charge in [-0.3, -0.25) is 18.5 Å². The molecule has 0 saturated heterocycles. The van der Waals surface area contributed by atoms with Crippen LogP contribution in [0.1, 0.15) is 24.0 Å². The Morgan fingerprint density at radius 2 is 1.77 bits per heavy atom. The van der Waals surface area contributed by atoms with Gasteiger partial charge < -0.3 is 14.6 Å². The monoisotopic (exact) mass is 566 g/mol. The zero-order valence-electron chi connectivity index (χ0n) is 20.9. The summed E-state index contributed by atoms with van der Waals surface area (Å²) < 4.78 is 51.4. The van der Waals surface area contributed by atoms with Crippen LogP contribution in [0.2, 0.25) is 5.02 Å². The first-order chi connectivity index (χ1) is 18.6. The van der Waals surface area contributed by atoms with Gasteiger partial charge in [0.05, 0.1) is 13.2 Å². The van der Waals surface area contributed by atoms with Crippen molar-refractivity contribution in [2.45, 2.75) is 38.7 Å². The Kier molecular flexibility index (Phi) is 8.66. The third-order valence-corrected chi connectivity index (χ3v) is 6.22. The number of benzene rings is 2. The highest BCUT2D eigenvalue weighted by Crippen LogP contribution is 2.24. The number of aliphatic hydroxyl groups excluding tert-OH is 1. The Bertz CT molecular complexity index is 1560. The standard InChI is InChI=1S/C26H26ClF3N4O5/c1-32-22-21(23(36)33(25(32)37)12-4-13-35)34(16-18-8-10-19(27)11-9-18)24(31-22)38-14-3-6-17-5-2-7-20(15-17)39-26(28,29)30/h2,5,7-11,15,35H,3-4,6,12-14,16H2,1H3. The molecule has 4 rings (SSSR count). The molecule has 0 bridgehead atoms. The Morgan fingerprint density at radius 1 is 1.03 bits per heavy atom. The molecule has 0 atom stereocenters. The predicted molar refractivity (Wildman–Crippen MR) is 138 cm³/mol. The number of aliphatic hydroxyl groups is 1. The second-order valence-corrected chi connectivity index (χ2v) is 9.24. The average molecular weight is 567 g/mol. The minimum Gasteiger partial charge on any atom is -0.465 e. The van der Waals surface area contributed by atoms with E-state index in [4.69, 9.17) is 16.3 Å². The van der Waals surface area contributed by atoms with E-state index in [-0.39, 0.29) is 55.6 Å². The smallest absolute Gasteiger partial charge is 0.465 e. The molecule has 0 radical (unpaired) electrons. The number of fused-ring (bicyclic) bond motifs is 1. The normalized spacial score (nSPS) is 11.7. The van der Waals surface area contributed by atoms with Crippen molar-refractivity contribution in [1.29, 1.82) is 0 Å². The second-order valence-electron chi connectivity index (χ2n) is 8.80. The molecular weight excluding hydrogens is 541 g/mol. The fourth-order valence-corrected chi connectivity index (χ4v) is 4.27. The van der Waals surface area contributed by atoms with Crippen LogP contribution in [0.25, 0.3) is 11.2 Å². The number of hydrogen-bond acceptors (Lipinski definition) is 6. The van der Waals surface area contributed by atoms with Gasteiger partial charge in [-0.2, -0.15) is 4.98 Å². The molecule has 4 aromatic rings. The molecular formula is C26H26ClF3N4O5. The van der Waals surface area contributed by atoms with Crippen LogP contribution in [0.3, 0.4) is 0 Å². The van der Waals surface area contributed by atoms with Crippen molar-refractivity contribution in [3.63, 3.8) is 0 Å². The average Bonchev–Trinajstić information content (AvgIpc) is 3.24. The Hall–Kier alpha value is -3.77. The molecule has 0 fully saturated rings. The van der Waals surface area contributed by atoms with Crippen LogP contribution in [0.4, 0.5) is 13.2 Å². The van der Waals surface area contributed by atoms with Crippen LogP contribution in [-0.4, -0.2) is 43.4 Å². The summed E-state index contributed by atoms with van der Waals surface area (Å²) in [4.78, 5) is 30.6. The van der Waals surface area contributed by atoms with Crippen molar-refractivity contribution in [1.82, 2.24) is 18.7 Å². The Balaban J connectivity index is 1.61. The number of halogens is 4. The van der Waals surface area contributed by atoms with E-state index in [9.17, 15) is 27.9 Å². The molecule has 39 heavy (non-hydrogen) atoms. The van der Waals surface area contributed by atoms with Crippen molar-refractivity contribution in [2.24, 2.45) is 7.05 Å². The summed E-state index contributed by atoms with van der Waals surface area (Å²) in [5.41, 5.74) is 0.622. The lowest BCUT2D eigenvalue weighted by Crippen LogP contribution is -2.39. The zero-order valence-corrected chi connectivity index (χ0v) is 21.7. The highest BCUT2D eigenvalue weighted by atomic mass is 35.5. The van der Waals surface area contributed by atoms with E-state index in [1.807, 2.05) is 0 Å². The molecule has 2 aromatic carbocycles. The van der Waals surface area contributed by atoms with Crippen LogP contribution in [-0.2, 0) is 26.6 Å². The van der Waals surface area contributed by atoms with Gasteiger partial charge in [0.1, 0.15) is 5.75 Å². The van der Waals surface area contributed by atoms with Gasteiger partial charge in [-0.15, -0.1) is 13.2 Å². The van der Waals surface area contributed by atoms with Crippen LogP contribution in [0.15, 0.2) is 58.1 Å². The van der Waals surface area contributed by atoms with Gasteiger partial charge in [-0.25, -0.2) is 4.79 Å². The van der Waals surface area contributed by atoms with Gasteiger partial charge in [0.25, 0.3) is 11.6 Å². The molecule has 2 aromatic heterocycles. The molecule has 0 amide bonds. The van der Waals surface area contributed by atoms with E-state index >= 15 is 0 Å². The number of aryl methyl sites for hydroxylation is 2. The van der Waals surface area contributed by atoms with Crippen LogP contribution in [0, 0.1) is 0 Å². The van der Waals surface area contributed by atoms with Crippen LogP contribution in [0.5, 0.6) is 11.8 Å². The van der Waals surface area contributed by atoms with Gasteiger partial charge in [-0.1, -0.05) is 35.9 Å². The number of aromatic nitrogens is 4. The van der Waals surface area contributed by atoms with Crippen molar-refractivity contribution in [3.8, 4) is 11.8 Å². The minimum absolute atomic E-state index is 0.0391. The highest BCUT2D eigenvalue weighted by molar-refractivity contribution is 6.30. The molecule has 2 heterocycles. The quantitative estimate of drug-likeness (QED) is 0.277. The summed E-state index contributed by atoms with van der Waals surface area (Å²) in [6, 6.07) is 12.8. The van der Waals surface area contributed by atoms with E-state index in [2.05, 4.69) is 9.72 Å². The van der Waals surface area contributed by atoms with E-state index in [0.717, 1.165) is 10.1 Å². The van der Waals surface area contributed by atoms with E-state index < -0.39 is 17.6 Å². The summed E-state index contributed by atoms with van der Waals surface area (Å²) in [7, 11) is 1.50. The third kappa shape index (κ3) is 6.82. The van der Waals surface area contributed by atoms with E-state index in [0.29, 0.717) is 23.4 Å². The molecule has 208 valence electrons.